The van der Waals surface area contributed by atoms with Crippen molar-refractivity contribution in [2.75, 3.05) is 19.6 Å². The van der Waals surface area contributed by atoms with E-state index in [1.807, 2.05) is 18.2 Å². The minimum Gasteiger partial charge on any atom is -0.508 e. The quantitative estimate of drug-likeness (QED) is 0.433. The van der Waals surface area contributed by atoms with Crippen molar-refractivity contribution in [3.63, 3.8) is 0 Å². The van der Waals surface area contributed by atoms with Crippen LogP contribution in [0.1, 0.15) is 28.8 Å². The number of aromatic amines is 1. The largest absolute Gasteiger partial charge is 0.508 e. The number of likely N-dealkylation sites (tertiary alicyclic amines) is 1. The minimum atomic E-state index is -0.201. The number of nitrogens with zero attached hydrogens (tertiary/aromatic N) is 1. The molecule has 0 bridgehead atoms. The van der Waals surface area contributed by atoms with Crippen LogP contribution < -0.4 is 0 Å². The molecule has 1 aliphatic carbocycles. The zero-order valence-corrected chi connectivity index (χ0v) is 18.7. The lowest BCUT2D eigenvalue weighted by Gasteiger charge is -2.51. The standard InChI is InChI=1S/C29H29FN2O/c30-23-9-10-25-26-16-22-19-32(13-11-20-5-2-1-3-6-20)14-12-29(22,18-28(26)31-27(25)17-23)21-7-4-8-24(33)15-21/h1-10,15,17,22,31,33H,11-14,16,18-19H2. The summed E-state index contributed by atoms with van der Waals surface area (Å²) in [5.41, 5.74) is 6.06. The second-order valence-electron chi connectivity index (χ2n) is 9.84. The summed E-state index contributed by atoms with van der Waals surface area (Å²) in [6.45, 7) is 3.14. The molecular weight excluding hydrogens is 411 g/mol. The van der Waals surface area contributed by atoms with Crippen molar-refractivity contribution in [3.8, 4) is 5.75 Å². The number of nitrogens with one attached hydrogen (secondary N) is 1. The van der Waals surface area contributed by atoms with Crippen molar-refractivity contribution in [1.82, 2.24) is 9.88 Å². The predicted molar refractivity (Wildman–Crippen MR) is 130 cm³/mol. The molecule has 2 atom stereocenters. The van der Waals surface area contributed by atoms with Gasteiger partial charge >= 0.3 is 0 Å². The van der Waals surface area contributed by atoms with Crippen LogP contribution in [0.2, 0.25) is 0 Å². The van der Waals surface area contributed by atoms with Crippen LogP contribution in [0.5, 0.6) is 5.75 Å². The van der Waals surface area contributed by atoms with Crippen LogP contribution in [0.3, 0.4) is 0 Å². The van der Waals surface area contributed by atoms with Gasteiger partial charge in [0.05, 0.1) is 0 Å². The fraction of sp³-hybridized carbons (Fsp3) is 0.310. The zero-order valence-electron chi connectivity index (χ0n) is 18.7. The molecule has 2 aliphatic rings. The topological polar surface area (TPSA) is 39.3 Å². The number of H-pyrrole nitrogens is 1. The average molecular weight is 441 g/mol. The van der Waals surface area contributed by atoms with Crippen LogP contribution in [-0.2, 0) is 24.7 Å². The number of aromatic nitrogens is 1. The normalized spacial score (nSPS) is 22.8. The molecule has 168 valence electrons. The Morgan fingerprint density at radius 3 is 2.76 bits per heavy atom. The molecule has 2 heterocycles. The maximum atomic E-state index is 13.9. The molecule has 0 spiro atoms. The van der Waals surface area contributed by atoms with E-state index in [9.17, 15) is 9.50 Å². The molecule has 6 rings (SSSR count). The molecule has 3 aromatic carbocycles. The third-order valence-corrected chi connectivity index (χ3v) is 8.01. The van der Waals surface area contributed by atoms with Crippen LogP contribution >= 0.6 is 0 Å². The maximum Gasteiger partial charge on any atom is 0.125 e. The van der Waals surface area contributed by atoms with Gasteiger partial charge in [0.25, 0.3) is 0 Å². The molecule has 1 saturated heterocycles. The van der Waals surface area contributed by atoms with Gasteiger partial charge in [-0.15, -0.1) is 0 Å². The van der Waals surface area contributed by atoms with E-state index in [2.05, 4.69) is 46.3 Å². The van der Waals surface area contributed by atoms with Gasteiger partial charge in [-0.3, -0.25) is 0 Å². The van der Waals surface area contributed by atoms with Crippen molar-refractivity contribution in [2.45, 2.75) is 31.1 Å². The first kappa shape index (κ1) is 20.5. The van der Waals surface area contributed by atoms with Crippen LogP contribution in [0.15, 0.2) is 72.8 Å². The van der Waals surface area contributed by atoms with Crippen LogP contribution in [0.4, 0.5) is 4.39 Å². The number of hydrogen-bond acceptors (Lipinski definition) is 2. The minimum absolute atomic E-state index is 0.0194. The van der Waals surface area contributed by atoms with Crippen molar-refractivity contribution >= 4 is 10.9 Å². The summed E-state index contributed by atoms with van der Waals surface area (Å²) in [5, 5.41) is 11.4. The molecule has 1 aromatic heterocycles. The van der Waals surface area contributed by atoms with Crippen LogP contribution in [-0.4, -0.2) is 34.6 Å². The lowest BCUT2D eigenvalue weighted by molar-refractivity contribution is 0.0822. The molecule has 3 nitrogen and oxygen atoms in total. The summed E-state index contributed by atoms with van der Waals surface area (Å²) in [7, 11) is 0. The summed E-state index contributed by atoms with van der Waals surface area (Å²) < 4.78 is 13.9. The number of fused-ring (bicyclic) bond motifs is 4. The third-order valence-electron chi connectivity index (χ3n) is 8.01. The molecule has 0 radical (unpaired) electrons. The molecule has 1 aliphatic heterocycles. The SMILES string of the molecule is Oc1cccc(C23CCN(CCc4ccccc4)CC2Cc2c([nH]c4cc(F)ccc24)C3)c1. The number of benzene rings is 3. The molecule has 33 heavy (non-hydrogen) atoms. The van der Waals surface area contributed by atoms with Crippen molar-refractivity contribution < 1.29 is 9.50 Å². The predicted octanol–water partition coefficient (Wildman–Crippen LogP) is 5.61. The van der Waals surface area contributed by atoms with Gasteiger partial charge in [-0.1, -0.05) is 42.5 Å². The molecule has 4 aromatic rings. The number of piperidine rings is 1. The Bertz CT molecular complexity index is 1300. The second-order valence-corrected chi connectivity index (χ2v) is 9.84. The summed E-state index contributed by atoms with van der Waals surface area (Å²) in [6.07, 6.45) is 3.99. The number of hydrogen-bond donors (Lipinski definition) is 2. The van der Waals surface area contributed by atoms with Gasteiger partial charge in [0.15, 0.2) is 0 Å². The highest BCUT2D eigenvalue weighted by Crippen LogP contribution is 2.49. The van der Waals surface area contributed by atoms with E-state index in [4.69, 9.17) is 0 Å². The highest BCUT2D eigenvalue weighted by atomic mass is 19.1. The Balaban J connectivity index is 1.35. The molecule has 2 unspecified atom stereocenters. The van der Waals surface area contributed by atoms with Gasteiger partial charge in [-0.2, -0.15) is 0 Å². The Hall–Kier alpha value is -3.11. The van der Waals surface area contributed by atoms with Gasteiger partial charge in [0.1, 0.15) is 11.6 Å². The number of rotatable bonds is 4. The zero-order chi connectivity index (χ0) is 22.4. The Labute approximate surface area is 193 Å². The first-order chi connectivity index (χ1) is 16.1. The van der Waals surface area contributed by atoms with Crippen molar-refractivity contribution in [1.29, 1.82) is 0 Å². The van der Waals surface area contributed by atoms with E-state index >= 15 is 0 Å². The highest BCUT2D eigenvalue weighted by molar-refractivity contribution is 5.85. The summed E-state index contributed by atoms with van der Waals surface area (Å²) in [6, 6.07) is 23.7. The molecule has 4 heteroatoms. The van der Waals surface area contributed by atoms with E-state index in [0.29, 0.717) is 11.7 Å². The average Bonchev–Trinajstić information content (AvgIpc) is 3.17. The lowest BCUT2D eigenvalue weighted by Crippen LogP contribution is -2.54. The number of aromatic hydroxyl groups is 1. The van der Waals surface area contributed by atoms with Gasteiger partial charge in [0.2, 0.25) is 0 Å². The fourth-order valence-corrected chi connectivity index (χ4v) is 6.29. The van der Waals surface area contributed by atoms with Crippen molar-refractivity contribution in [3.05, 3.63) is 101 Å². The van der Waals surface area contributed by atoms with E-state index in [-0.39, 0.29) is 11.2 Å². The third kappa shape index (κ3) is 3.63. The van der Waals surface area contributed by atoms with Gasteiger partial charge < -0.3 is 15.0 Å². The summed E-state index contributed by atoms with van der Waals surface area (Å²) in [5.74, 6) is 0.574. The molecular formula is C29H29FN2O. The van der Waals surface area contributed by atoms with Crippen LogP contribution in [0, 0.1) is 11.7 Å². The Morgan fingerprint density at radius 1 is 1.03 bits per heavy atom. The van der Waals surface area contributed by atoms with E-state index < -0.39 is 0 Å². The molecule has 0 saturated carbocycles. The smallest absolute Gasteiger partial charge is 0.125 e. The monoisotopic (exact) mass is 440 g/mol. The summed E-state index contributed by atoms with van der Waals surface area (Å²) >= 11 is 0. The molecule has 2 N–H and O–H groups in total. The van der Waals surface area contributed by atoms with Gasteiger partial charge in [0, 0.05) is 35.1 Å². The highest BCUT2D eigenvalue weighted by Gasteiger charge is 2.48. The fourth-order valence-electron chi connectivity index (χ4n) is 6.29. The number of phenolic OH excluding ortho intramolecular Hbond substituents is 1. The molecule has 0 amide bonds. The maximum absolute atomic E-state index is 13.9. The van der Waals surface area contributed by atoms with Gasteiger partial charge in [-0.25, -0.2) is 4.39 Å². The second kappa shape index (κ2) is 8.03. The van der Waals surface area contributed by atoms with E-state index in [1.54, 1.807) is 18.2 Å². The van der Waals surface area contributed by atoms with Crippen LogP contribution in [0.25, 0.3) is 10.9 Å². The Morgan fingerprint density at radius 2 is 1.91 bits per heavy atom. The first-order valence-electron chi connectivity index (χ1n) is 12.0. The lowest BCUT2D eigenvalue weighted by atomic mass is 9.58. The van der Waals surface area contributed by atoms with Gasteiger partial charge in [-0.05, 0) is 85.2 Å². The summed E-state index contributed by atoms with van der Waals surface area (Å²) in [4.78, 5) is 6.15. The first-order valence-corrected chi connectivity index (χ1v) is 12.0. The number of phenols is 1. The van der Waals surface area contributed by atoms with E-state index in [1.165, 1.54) is 22.4 Å². The van der Waals surface area contributed by atoms with Crippen molar-refractivity contribution in [2.24, 2.45) is 5.92 Å². The molecule has 1 fully saturated rings. The number of halogens is 1. The van der Waals surface area contributed by atoms with E-state index in [0.717, 1.165) is 56.2 Å². The Kier molecular flexibility index (Phi) is 4.99.